The van der Waals surface area contributed by atoms with Crippen LogP contribution in [0.5, 0.6) is 5.75 Å². The fourth-order valence-electron chi connectivity index (χ4n) is 2.22. The number of nitrogen functional groups attached to an aromatic ring is 1. The van der Waals surface area contributed by atoms with Crippen molar-refractivity contribution in [2.75, 3.05) is 19.5 Å². The first-order valence-electron chi connectivity index (χ1n) is 7.99. The Morgan fingerprint density at radius 1 is 1.32 bits per heavy atom. The molecule has 1 heterocycles. The summed E-state index contributed by atoms with van der Waals surface area (Å²) in [6, 6.07) is 8.08. The maximum Gasteiger partial charge on any atom is 0.255 e. The van der Waals surface area contributed by atoms with Crippen molar-refractivity contribution in [1.82, 2.24) is 10.3 Å². The largest absolute Gasteiger partial charge is 0.491 e. The van der Waals surface area contributed by atoms with Gasteiger partial charge in [0.05, 0.1) is 24.5 Å². The highest BCUT2D eigenvalue weighted by Gasteiger charge is 2.14. The van der Waals surface area contributed by atoms with E-state index in [-0.39, 0.29) is 23.7 Å². The van der Waals surface area contributed by atoms with Gasteiger partial charge in [-0.05, 0) is 24.6 Å². The average molecular weight is 347 g/mol. The lowest BCUT2D eigenvalue weighted by atomic mass is 10.1. The molecular formula is C18H22FN3O3. The zero-order valence-electron chi connectivity index (χ0n) is 14.3. The predicted octanol–water partition coefficient (Wildman–Crippen LogP) is 2.67. The second-order valence-corrected chi connectivity index (χ2v) is 5.43. The van der Waals surface area contributed by atoms with E-state index in [1.54, 1.807) is 37.4 Å². The molecule has 0 aliphatic heterocycles. The van der Waals surface area contributed by atoms with Crippen molar-refractivity contribution < 1.29 is 18.7 Å². The molecule has 0 atom stereocenters. The lowest BCUT2D eigenvalue weighted by molar-refractivity contribution is 0.0951. The SMILES string of the molecule is CCCOc1cccc(CNC(=O)c2ccc(COC)nc2N)c1F. The molecule has 0 aliphatic carbocycles. The summed E-state index contributed by atoms with van der Waals surface area (Å²) in [7, 11) is 1.55. The molecule has 2 rings (SSSR count). The number of nitrogens with two attached hydrogens (primary N) is 1. The van der Waals surface area contributed by atoms with Gasteiger partial charge < -0.3 is 20.5 Å². The second kappa shape index (κ2) is 8.98. The average Bonchev–Trinajstić information content (AvgIpc) is 2.60. The van der Waals surface area contributed by atoms with E-state index in [4.69, 9.17) is 15.2 Å². The van der Waals surface area contributed by atoms with Gasteiger partial charge >= 0.3 is 0 Å². The smallest absolute Gasteiger partial charge is 0.255 e. The first-order valence-corrected chi connectivity index (χ1v) is 7.99. The number of aromatic nitrogens is 1. The molecule has 0 saturated carbocycles. The molecule has 0 saturated heterocycles. The minimum atomic E-state index is -0.474. The molecule has 0 bridgehead atoms. The fourth-order valence-corrected chi connectivity index (χ4v) is 2.22. The zero-order chi connectivity index (χ0) is 18.2. The van der Waals surface area contributed by atoms with Gasteiger partial charge in [-0.3, -0.25) is 4.79 Å². The summed E-state index contributed by atoms with van der Waals surface area (Å²) in [4.78, 5) is 16.4. The Morgan fingerprint density at radius 3 is 2.80 bits per heavy atom. The number of nitrogens with one attached hydrogen (secondary N) is 1. The summed E-state index contributed by atoms with van der Waals surface area (Å²) in [5.74, 6) is -0.614. The third-order valence-corrected chi connectivity index (χ3v) is 3.46. The van der Waals surface area contributed by atoms with Gasteiger partial charge in [0.1, 0.15) is 5.82 Å². The van der Waals surface area contributed by atoms with Crippen LogP contribution in [0.3, 0.4) is 0 Å². The van der Waals surface area contributed by atoms with Crippen LogP contribution < -0.4 is 15.8 Å². The second-order valence-electron chi connectivity index (χ2n) is 5.43. The van der Waals surface area contributed by atoms with Gasteiger partial charge in [-0.25, -0.2) is 9.37 Å². The van der Waals surface area contributed by atoms with Crippen molar-refractivity contribution in [3.05, 3.63) is 53.0 Å². The van der Waals surface area contributed by atoms with Gasteiger partial charge in [-0.2, -0.15) is 0 Å². The molecule has 25 heavy (non-hydrogen) atoms. The zero-order valence-corrected chi connectivity index (χ0v) is 14.3. The molecule has 3 N–H and O–H groups in total. The van der Waals surface area contributed by atoms with Gasteiger partial charge in [-0.15, -0.1) is 0 Å². The van der Waals surface area contributed by atoms with E-state index in [1.807, 2.05) is 6.92 Å². The third-order valence-electron chi connectivity index (χ3n) is 3.46. The van der Waals surface area contributed by atoms with Gasteiger partial charge in [0.15, 0.2) is 11.6 Å². The molecule has 134 valence electrons. The Morgan fingerprint density at radius 2 is 2.12 bits per heavy atom. The Bertz CT molecular complexity index is 738. The number of nitrogens with zero attached hydrogens (tertiary/aromatic N) is 1. The number of rotatable bonds is 8. The van der Waals surface area contributed by atoms with E-state index in [1.165, 1.54) is 0 Å². The summed E-state index contributed by atoms with van der Waals surface area (Å²) in [6.07, 6.45) is 0.783. The maximum absolute atomic E-state index is 14.3. The summed E-state index contributed by atoms with van der Waals surface area (Å²) in [6.45, 7) is 2.70. The number of anilines is 1. The Balaban J connectivity index is 2.05. The Hall–Kier alpha value is -2.67. The number of benzene rings is 1. The molecule has 0 fully saturated rings. The highest BCUT2D eigenvalue weighted by Crippen LogP contribution is 2.21. The summed E-state index contributed by atoms with van der Waals surface area (Å²) >= 11 is 0. The van der Waals surface area contributed by atoms with Crippen LogP contribution in [-0.2, 0) is 17.9 Å². The van der Waals surface area contributed by atoms with Crippen LogP contribution in [0, 0.1) is 5.82 Å². The van der Waals surface area contributed by atoms with E-state index >= 15 is 0 Å². The molecule has 1 aromatic carbocycles. The number of hydrogen-bond donors (Lipinski definition) is 2. The van der Waals surface area contributed by atoms with Crippen molar-refractivity contribution >= 4 is 11.7 Å². The van der Waals surface area contributed by atoms with Crippen LogP contribution in [0.4, 0.5) is 10.2 Å². The monoisotopic (exact) mass is 347 g/mol. The molecule has 0 radical (unpaired) electrons. The van der Waals surface area contributed by atoms with E-state index in [0.29, 0.717) is 24.5 Å². The maximum atomic E-state index is 14.3. The minimum Gasteiger partial charge on any atom is -0.491 e. The molecule has 1 aromatic heterocycles. The van der Waals surface area contributed by atoms with Crippen LogP contribution in [0.1, 0.15) is 35.0 Å². The lowest BCUT2D eigenvalue weighted by Gasteiger charge is -2.11. The quantitative estimate of drug-likeness (QED) is 0.767. The van der Waals surface area contributed by atoms with E-state index in [0.717, 1.165) is 6.42 Å². The number of amides is 1. The molecule has 0 aliphatic rings. The first kappa shape index (κ1) is 18.7. The normalized spacial score (nSPS) is 10.5. The summed E-state index contributed by atoms with van der Waals surface area (Å²) in [5.41, 5.74) is 7.01. The number of hydrogen-bond acceptors (Lipinski definition) is 5. The minimum absolute atomic E-state index is 0.0211. The highest BCUT2D eigenvalue weighted by atomic mass is 19.1. The number of carbonyl (C=O) groups is 1. The van der Waals surface area contributed by atoms with Gasteiger partial charge in [0.25, 0.3) is 5.91 Å². The van der Waals surface area contributed by atoms with Crippen molar-refractivity contribution in [2.24, 2.45) is 0 Å². The van der Waals surface area contributed by atoms with E-state index in [9.17, 15) is 9.18 Å². The summed E-state index contributed by atoms with van der Waals surface area (Å²) < 4.78 is 24.7. The third kappa shape index (κ3) is 4.90. The topological polar surface area (TPSA) is 86.5 Å². The molecule has 6 nitrogen and oxygen atoms in total. The van der Waals surface area contributed by atoms with Crippen molar-refractivity contribution in [3.8, 4) is 5.75 Å². The van der Waals surface area contributed by atoms with E-state index in [2.05, 4.69) is 10.3 Å². The first-order chi connectivity index (χ1) is 12.1. The molecule has 1 amide bonds. The molecule has 0 spiro atoms. The predicted molar refractivity (Wildman–Crippen MR) is 92.7 cm³/mol. The number of halogens is 1. The lowest BCUT2D eigenvalue weighted by Crippen LogP contribution is -2.25. The molecule has 7 heteroatoms. The van der Waals surface area contributed by atoms with E-state index < -0.39 is 11.7 Å². The van der Waals surface area contributed by atoms with Crippen molar-refractivity contribution in [2.45, 2.75) is 26.5 Å². The molecule has 0 unspecified atom stereocenters. The highest BCUT2D eigenvalue weighted by molar-refractivity contribution is 5.98. The van der Waals surface area contributed by atoms with Crippen LogP contribution in [-0.4, -0.2) is 24.6 Å². The van der Waals surface area contributed by atoms with Gasteiger partial charge in [0, 0.05) is 19.2 Å². The van der Waals surface area contributed by atoms with Gasteiger partial charge in [0.2, 0.25) is 0 Å². The number of carbonyl (C=O) groups excluding carboxylic acids is 1. The Labute approximate surface area is 146 Å². The molecular weight excluding hydrogens is 325 g/mol. The van der Waals surface area contributed by atoms with Crippen LogP contribution in [0.2, 0.25) is 0 Å². The number of ether oxygens (including phenoxy) is 2. The van der Waals surface area contributed by atoms with Crippen molar-refractivity contribution in [1.29, 1.82) is 0 Å². The van der Waals surface area contributed by atoms with Crippen LogP contribution in [0.15, 0.2) is 30.3 Å². The standard InChI is InChI=1S/C18H22FN3O3/c1-3-9-25-15-6-4-5-12(16(15)19)10-21-18(23)14-8-7-13(11-24-2)22-17(14)20/h4-8H,3,9-11H2,1-2H3,(H2,20,22)(H,21,23). The summed E-state index contributed by atoms with van der Waals surface area (Å²) in [5, 5.41) is 2.65. The fraction of sp³-hybridized carbons (Fsp3) is 0.333. The number of methoxy groups -OCH3 is 1. The van der Waals surface area contributed by atoms with Crippen molar-refractivity contribution in [3.63, 3.8) is 0 Å². The number of pyridine rings is 1. The van der Waals surface area contributed by atoms with Gasteiger partial charge in [-0.1, -0.05) is 19.1 Å². The Kier molecular flexibility index (Phi) is 6.71. The van der Waals surface area contributed by atoms with Crippen LogP contribution >= 0.6 is 0 Å². The molecule has 2 aromatic rings. The van der Waals surface area contributed by atoms with Crippen LogP contribution in [0.25, 0.3) is 0 Å².